The fourth-order valence-electron chi connectivity index (χ4n) is 2.33. The summed E-state index contributed by atoms with van der Waals surface area (Å²) in [5, 5.41) is 3.78. The summed E-state index contributed by atoms with van der Waals surface area (Å²) < 4.78 is 48.6. The Labute approximate surface area is 124 Å². The van der Waals surface area contributed by atoms with Gasteiger partial charge in [0.05, 0.1) is 18.8 Å². The van der Waals surface area contributed by atoms with Gasteiger partial charge in [-0.1, -0.05) is 17.3 Å². The van der Waals surface area contributed by atoms with E-state index in [1.807, 2.05) is 0 Å². The van der Waals surface area contributed by atoms with E-state index >= 15 is 0 Å². The summed E-state index contributed by atoms with van der Waals surface area (Å²) in [7, 11) is 0. The summed E-state index contributed by atoms with van der Waals surface area (Å²) in [4.78, 5) is 5.45. The molecule has 2 aromatic rings. The van der Waals surface area contributed by atoms with E-state index in [2.05, 4.69) is 10.1 Å². The van der Waals surface area contributed by atoms with Gasteiger partial charge in [-0.05, 0) is 12.1 Å². The van der Waals surface area contributed by atoms with E-state index in [0.717, 1.165) is 25.2 Å². The lowest BCUT2D eigenvalue weighted by molar-refractivity contribution is -0.922. The van der Waals surface area contributed by atoms with Crippen LogP contribution in [0.3, 0.4) is 0 Å². The first kappa shape index (κ1) is 15.0. The molecule has 1 fully saturated rings. The summed E-state index contributed by atoms with van der Waals surface area (Å²) in [5.74, 6) is 0.595. The second-order valence-electron chi connectivity index (χ2n) is 5.13. The molecule has 2 heterocycles. The van der Waals surface area contributed by atoms with Crippen LogP contribution in [0.1, 0.15) is 11.5 Å². The average Bonchev–Trinajstić information content (AvgIpc) is 2.96. The lowest BCUT2D eigenvalue weighted by Crippen LogP contribution is -3.12. The number of benzene rings is 1. The van der Waals surface area contributed by atoms with Crippen LogP contribution in [0.2, 0.25) is 0 Å². The molecule has 1 aromatic carbocycles. The molecule has 3 rings (SSSR count). The van der Waals surface area contributed by atoms with Crippen LogP contribution in [0, 0.1) is 0 Å². The van der Waals surface area contributed by atoms with Crippen molar-refractivity contribution in [2.24, 2.45) is 0 Å². The Morgan fingerprint density at radius 3 is 2.68 bits per heavy atom. The first-order chi connectivity index (χ1) is 10.5. The quantitative estimate of drug-likeness (QED) is 0.924. The monoisotopic (exact) mass is 314 g/mol. The van der Waals surface area contributed by atoms with Crippen LogP contribution < -0.4 is 4.90 Å². The van der Waals surface area contributed by atoms with Gasteiger partial charge < -0.3 is 14.2 Å². The topological polar surface area (TPSA) is 52.6 Å². The summed E-state index contributed by atoms with van der Waals surface area (Å²) in [5.41, 5.74) is -0.433. The summed E-state index contributed by atoms with van der Waals surface area (Å²) in [6, 6.07) is 4.91. The van der Waals surface area contributed by atoms with Gasteiger partial charge in [0, 0.05) is 5.56 Å². The Hall–Kier alpha value is -1.93. The van der Waals surface area contributed by atoms with Crippen molar-refractivity contribution < 1.29 is 27.3 Å². The van der Waals surface area contributed by atoms with Gasteiger partial charge in [-0.15, -0.1) is 0 Å². The standard InChI is InChI=1S/C14H14F3N3O2/c15-14(16,17)11-3-1-2-10(8-11)13-18-12(22-19-13)9-20-4-6-21-7-5-20/h1-3,8H,4-7,9H2/p+1. The molecule has 5 nitrogen and oxygen atoms in total. The minimum absolute atomic E-state index is 0.175. The number of ether oxygens (including phenoxy) is 1. The van der Waals surface area contributed by atoms with Gasteiger partial charge in [0.1, 0.15) is 13.1 Å². The van der Waals surface area contributed by atoms with Crippen LogP contribution in [-0.2, 0) is 17.5 Å². The van der Waals surface area contributed by atoms with Crippen molar-refractivity contribution in [2.75, 3.05) is 26.3 Å². The zero-order valence-corrected chi connectivity index (χ0v) is 11.7. The maximum atomic E-state index is 12.7. The van der Waals surface area contributed by atoms with Gasteiger partial charge >= 0.3 is 6.18 Å². The lowest BCUT2D eigenvalue weighted by atomic mass is 10.1. The van der Waals surface area contributed by atoms with Gasteiger partial charge in [-0.3, -0.25) is 0 Å². The van der Waals surface area contributed by atoms with Crippen LogP contribution in [0.15, 0.2) is 28.8 Å². The molecule has 0 atom stereocenters. The Bertz CT molecular complexity index is 636. The number of rotatable bonds is 3. The van der Waals surface area contributed by atoms with Crippen molar-refractivity contribution >= 4 is 0 Å². The molecule has 8 heteroatoms. The van der Waals surface area contributed by atoms with Crippen molar-refractivity contribution in [3.05, 3.63) is 35.7 Å². The Kier molecular flexibility index (Phi) is 4.12. The molecule has 0 saturated carbocycles. The highest BCUT2D eigenvalue weighted by atomic mass is 19.4. The molecule has 1 aromatic heterocycles. The van der Waals surface area contributed by atoms with Crippen molar-refractivity contribution in [2.45, 2.75) is 12.7 Å². The van der Waals surface area contributed by atoms with E-state index in [-0.39, 0.29) is 5.82 Å². The highest BCUT2D eigenvalue weighted by molar-refractivity contribution is 5.55. The third-order valence-electron chi connectivity index (χ3n) is 3.52. The minimum atomic E-state index is -4.39. The molecule has 1 aliphatic heterocycles. The van der Waals surface area contributed by atoms with E-state index in [9.17, 15) is 13.2 Å². The number of quaternary nitrogens is 1. The van der Waals surface area contributed by atoms with Crippen molar-refractivity contribution in [3.8, 4) is 11.4 Å². The number of nitrogens with one attached hydrogen (secondary N) is 1. The van der Waals surface area contributed by atoms with E-state index < -0.39 is 11.7 Å². The minimum Gasteiger partial charge on any atom is -0.370 e. The zero-order valence-electron chi connectivity index (χ0n) is 11.7. The number of aromatic nitrogens is 2. The van der Waals surface area contributed by atoms with Crippen LogP contribution in [0.5, 0.6) is 0 Å². The first-order valence-electron chi connectivity index (χ1n) is 6.94. The zero-order chi connectivity index (χ0) is 15.6. The molecule has 1 saturated heterocycles. The molecule has 22 heavy (non-hydrogen) atoms. The van der Waals surface area contributed by atoms with Gasteiger partial charge in [0.15, 0.2) is 6.54 Å². The molecule has 0 aliphatic carbocycles. The number of hydrogen-bond acceptors (Lipinski definition) is 4. The second kappa shape index (κ2) is 6.05. The molecule has 0 bridgehead atoms. The van der Waals surface area contributed by atoms with Gasteiger partial charge in [-0.25, -0.2) is 0 Å². The second-order valence-corrected chi connectivity index (χ2v) is 5.13. The number of hydrogen-bond donors (Lipinski definition) is 1. The molecular formula is C14H15F3N3O2+. The Morgan fingerprint density at radius 2 is 1.95 bits per heavy atom. The predicted molar refractivity (Wildman–Crippen MR) is 70.0 cm³/mol. The van der Waals surface area contributed by atoms with Gasteiger partial charge in [0.2, 0.25) is 5.82 Å². The van der Waals surface area contributed by atoms with Crippen LogP contribution in [0.4, 0.5) is 13.2 Å². The molecule has 1 N–H and O–H groups in total. The third-order valence-corrected chi connectivity index (χ3v) is 3.52. The van der Waals surface area contributed by atoms with Crippen LogP contribution in [-0.4, -0.2) is 36.4 Å². The highest BCUT2D eigenvalue weighted by Gasteiger charge is 2.30. The van der Waals surface area contributed by atoms with Crippen molar-refractivity contribution in [1.29, 1.82) is 0 Å². The smallest absolute Gasteiger partial charge is 0.370 e. The maximum absolute atomic E-state index is 12.7. The van der Waals surface area contributed by atoms with E-state index in [1.165, 1.54) is 17.0 Å². The molecule has 118 valence electrons. The normalized spacial score (nSPS) is 16.9. The molecule has 0 amide bonds. The van der Waals surface area contributed by atoms with E-state index in [0.29, 0.717) is 31.2 Å². The number of nitrogens with zero attached hydrogens (tertiary/aromatic N) is 2. The lowest BCUT2D eigenvalue weighted by Gasteiger charge is -2.21. The largest absolute Gasteiger partial charge is 0.416 e. The number of morpholine rings is 1. The third kappa shape index (κ3) is 3.45. The molecule has 1 aliphatic rings. The number of halogens is 3. The van der Waals surface area contributed by atoms with Crippen molar-refractivity contribution in [3.63, 3.8) is 0 Å². The number of alkyl halides is 3. The highest BCUT2D eigenvalue weighted by Crippen LogP contribution is 2.31. The SMILES string of the molecule is FC(F)(F)c1cccc(-c2noc(C[NH+]3CCOCC3)n2)c1. The maximum Gasteiger partial charge on any atom is 0.416 e. The Balaban J connectivity index is 1.75. The Morgan fingerprint density at radius 1 is 1.18 bits per heavy atom. The van der Waals surface area contributed by atoms with Gasteiger partial charge in [0.25, 0.3) is 5.89 Å². The molecule has 0 unspecified atom stereocenters. The fourth-order valence-corrected chi connectivity index (χ4v) is 2.33. The van der Waals surface area contributed by atoms with Gasteiger partial charge in [-0.2, -0.15) is 18.2 Å². The first-order valence-corrected chi connectivity index (χ1v) is 6.94. The fraction of sp³-hybridized carbons (Fsp3) is 0.429. The summed E-state index contributed by atoms with van der Waals surface area (Å²) >= 11 is 0. The van der Waals surface area contributed by atoms with Crippen LogP contribution in [0.25, 0.3) is 11.4 Å². The van der Waals surface area contributed by atoms with E-state index in [1.54, 1.807) is 0 Å². The average molecular weight is 314 g/mol. The molecular weight excluding hydrogens is 299 g/mol. The summed E-state index contributed by atoms with van der Waals surface area (Å²) in [6.45, 7) is 3.62. The molecule has 0 spiro atoms. The predicted octanol–water partition coefficient (Wildman–Crippen LogP) is 1.17. The van der Waals surface area contributed by atoms with Crippen molar-refractivity contribution in [1.82, 2.24) is 10.1 Å². The van der Waals surface area contributed by atoms with Crippen LogP contribution >= 0.6 is 0 Å². The van der Waals surface area contributed by atoms with E-state index in [4.69, 9.17) is 9.26 Å². The summed E-state index contributed by atoms with van der Waals surface area (Å²) in [6.07, 6.45) is -4.39. The molecule has 0 radical (unpaired) electrons.